The van der Waals surface area contributed by atoms with Crippen LogP contribution in [0.1, 0.15) is 44.6 Å². The maximum absolute atomic E-state index is 13.9. The van der Waals surface area contributed by atoms with Crippen molar-refractivity contribution in [2.45, 2.75) is 45.6 Å². The van der Waals surface area contributed by atoms with E-state index in [9.17, 15) is 14.4 Å². The number of amides is 2. The SMILES string of the molecule is CCOC(=O)[C@]12CCCC=C1N(Cc1ccc3c(c1)OCO3)C(=O)[C@H](CC(=O)N1CCSCC1)C2. The zero-order valence-electron chi connectivity index (χ0n) is 20.1. The molecule has 1 aromatic carbocycles. The van der Waals surface area contributed by atoms with Gasteiger partial charge in [0.1, 0.15) is 5.41 Å². The van der Waals surface area contributed by atoms with E-state index < -0.39 is 11.3 Å². The summed E-state index contributed by atoms with van der Waals surface area (Å²) in [7, 11) is 0. The smallest absolute Gasteiger partial charge is 0.318 e. The van der Waals surface area contributed by atoms with E-state index in [1.807, 2.05) is 40.9 Å². The molecule has 3 aliphatic heterocycles. The third-order valence-electron chi connectivity index (χ3n) is 7.37. The Kier molecular flexibility index (Phi) is 6.95. The lowest BCUT2D eigenvalue weighted by atomic mass is 9.66. The van der Waals surface area contributed by atoms with Gasteiger partial charge in [0, 0.05) is 42.6 Å². The maximum atomic E-state index is 13.9. The number of benzene rings is 1. The molecular weight excluding hydrogens is 468 g/mol. The van der Waals surface area contributed by atoms with E-state index in [0.717, 1.165) is 35.6 Å². The number of carbonyl (C=O) groups excluding carboxylic acids is 3. The highest BCUT2D eigenvalue weighted by Gasteiger charge is 2.54. The van der Waals surface area contributed by atoms with Gasteiger partial charge in [-0.25, -0.2) is 0 Å². The molecule has 0 aromatic heterocycles. The number of rotatable bonds is 6. The summed E-state index contributed by atoms with van der Waals surface area (Å²) in [6, 6.07) is 5.64. The summed E-state index contributed by atoms with van der Waals surface area (Å²) in [6.07, 6.45) is 4.73. The van der Waals surface area contributed by atoms with Crippen LogP contribution in [0, 0.1) is 11.3 Å². The van der Waals surface area contributed by atoms with Gasteiger partial charge in [-0.1, -0.05) is 12.1 Å². The second-order valence-corrected chi connectivity index (χ2v) is 10.7. The molecule has 0 radical (unpaired) electrons. The fourth-order valence-electron chi connectivity index (χ4n) is 5.64. The van der Waals surface area contributed by atoms with E-state index in [1.165, 1.54) is 0 Å². The van der Waals surface area contributed by atoms with Crippen LogP contribution in [0.3, 0.4) is 0 Å². The molecule has 35 heavy (non-hydrogen) atoms. The van der Waals surface area contributed by atoms with Crippen LogP contribution in [-0.4, -0.2) is 65.6 Å². The zero-order chi connectivity index (χ0) is 24.4. The standard InChI is InChI=1S/C26H32N2O6S/c1-2-32-25(31)26-8-4-3-5-22(26)28(16-18-6-7-20-21(13-18)34-17-33-20)24(30)19(15-26)14-23(29)27-9-11-35-12-10-27/h5-7,13,19H,2-4,8-12,14-17H2,1H3/t19-,26+/m1/s1. The first-order valence-electron chi connectivity index (χ1n) is 12.4. The second kappa shape index (κ2) is 10.1. The van der Waals surface area contributed by atoms with E-state index in [4.69, 9.17) is 14.2 Å². The monoisotopic (exact) mass is 500 g/mol. The number of hydrogen-bond acceptors (Lipinski definition) is 7. The molecular formula is C26H32N2O6S. The Morgan fingerprint density at radius 2 is 2.00 bits per heavy atom. The Bertz CT molecular complexity index is 1040. The van der Waals surface area contributed by atoms with Crippen LogP contribution in [0.5, 0.6) is 11.5 Å². The number of nitrogens with zero attached hydrogens (tertiary/aromatic N) is 2. The fourth-order valence-corrected chi connectivity index (χ4v) is 6.55. The van der Waals surface area contributed by atoms with Gasteiger partial charge in [-0.3, -0.25) is 14.4 Å². The van der Waals surface area contributed by atoms with Crippen LogP contribution in [0.25, 0.3) is 0 Å². The highest BCUT2D eigenvalue weighted by atomic mass is 32.2. The number of ether oxygens (including phenoxy) is 3. The molecule has 2 amide bonds. The van der Waals surface area contributed by atoms with E-state index in [-0.39, 0.29) is 37.6 Å². The summed E-state index contributed by atoms with van der Waals surface area (Å²) in [5, 5.41) is 0. The average Bonchev–Trinajstić information content (AvgIpc) is 3.35. The molecule has 0 spiro atoms. The Balaban J connectivity index is 1.46. The molecule has 9 heteroatoms. The highest BCUT2D eigenvalue weighted by molar-refractivity contribution is 7.99. The van der Waals surface area contributed by atoms with Gasteiger partial charge >= 0.3 is 5.97 Å². The minimum Gasteiger partial charge on any atom is -0.465 e. The van der Waals surface area contributed by atoms with Gasteiger partial charge in [0.05, 0.1) is 13.2 Å². The van der Waals surface area contributed by atoms with Gasteiger partial charge in [-0.15, -0.1) is 0 Å². The van der Waals surface area contributed by atoms with Crippen LogP contribution in [0.2, 0.25) is 0 Å². The molecule has 0 bridgehead atoms. The number of allylic oxidation sites excluding steroid dienone is 1. The average molecular weight is 501 g/mol. The molecule has 4 aliphatic rings. The van der Waals surface area contributed by atoms with Crippen molar-refractivity contribution in [2.75, 3.05) is 38.0 Å². The van der Waals surface area contributed by atoms with Crippen molar-refractivity contribution >= 4 is 29.5 Å². The predicted molar refractivity (Wildman–Crippen MR) is 131 cm³/mol. The minimum absolute atomic E-state index is 0.00562. The Hall–Kier alpha value is -2.68. The quantitative estimate of drug-likeness (QED) is 0.554. The van der Waals surface area contributed by atoms with Crippen molar-refractivity contribution in [1.82, 2.24) is 9.80 Å². The number of esters is 1. The molecule has 8 nitrogen and oxygen atoms in total. The van der Waals surface area contributed by atoms with Gasteiger partial charge in [0.2, 0.25) is 18.6 Å². The minimum atomic E-state index is -0.902. The number of hydrogen-bond donors (Lipinski definition) is 0. The van der Waals surface area contributed by atoms with Crippen LogP contribution >= 0.6 is 11.8 Å². The van der Waals surface area contributed by atoms with Crippen LogP contribution in [0.4, 0.5) is 0 Å². The molecule has 1 aromatic rings. The first-order valence-corrected chi connectivity index (χ1v) is 13.6. The van der Waals surface area contributed by atoms with E-state index in [1.54, 1.807) is 11.8 Å². The van der Waals surface area contributed by atoms with Gasteiger partial charge in [-0.05, 0) is 50.3 Å². The number of likely N-dealkylation sites (tertiary alicyclic amines) is 1. The second-order valence-electron chi connectivity index (χ2n) is 9.49. The van der Waals surface area contributed by atoms with Crippen LogP contribution < -0.4 is 9.47 Å². The van der Waals surface area contributed by atoms with Gasteiger partial charge in [0.25, 0.3) is 0 Å². The van der Waals surface area contributed by atoms with Crippen LogP contribution in [-0.2, 0) is 25.7 Å². The zero-order valence-corrected chi connectivity index (χ0v) is 20.9. The molecule has 0 saturated carbocycles. The summed E-state index contributed by atoms with van der Waals surface area (Å²) in [4.78, 5) is 44.0. The van der Waals surface area contributed by atoms with E-state index in [0.29, 0.717) is 44.0 Å². The third-order valence-corrected chi connectivity index (χ3v) is 8.31. The Morgan fingerprint density at radius 1 is 1.20 bits per heavy atom. The Labute approximate surface area is 209 Å². The van der Waals surface area contributed by atoms with E-state index >= 15 is 0 Å². The number of thioether (sulfide) groups is 1. The number of carbonyl (C=O) groups is 3. The summed E-state index contributed by atoms with van der Waals surface area (Å²) < 4.78 is 16.5. The predicted octanol–water partition coefficient (Wildman–Crippen LogP) is 3.35. The molecule has 3 heterocycles. The van der Waals surface area contributed by atoms with Crippen molar-refractivity contribution in [3.05, 3.63) is 35.5 Å². The number of fused-ring (bicyclic) bond motifs is 2. The van der Waals surface area contributed by atoms with Crippen molar-refractivity contribution in [2.24, 2.45) is 11.3 Å². The van der Waals surface area contributed by atoms with Gasteiger partial charge < -0.3 is 24.0 Å². The summed E-state index contributed by atoms with van der Waals surface area (Å²) in [6.45, 7) is 3.97. The number of piperidine rings is 1. The summed E-state index contributed by atoms with van der Waals surface area (Å²) >= 11 is 1.84. The van der Waals surface area contributed by atoms with Gasteiger partial charge in [-0.2, -0.15) is 11.8 Å². The van der Waals surface area contributed by atoms with Crippen molar-refractivity contribution < 1.29 is 28.6 Å². The van der Waals surface area contributed by atoms with Crippen molar-refractivity contribution in [3.63, 3.8) is 0 Å². The molecule has 188 valence electrons. The molecule has 0 N–H and O–H groups in total. The lowest BCUT2D eigenvalue weighted by Crippen LogP contribution is -2.54. The normalized spacial score (nSPS) is 25.7. The lowest BCUT2D eigenvalue weighted by Gasteiger charge is -2.48. The first-order chi connectivity index (χ1) is 17.0. The topological polar surface area (TPSA) is 85.4 Å². The molecule has 0 unspecified atom stereocenters. The summed E-state index contributed by atoms with van der Waals surface area (Å²) in [5.74, 6) is 2.20. The van der Waals surface area contributed by atoms with E-state index in [2.05, 4.69) is 0 Å². The highest BCUT2D eigenvalue weighted by Crippen LogP contribution is 2.50. The third kappa shape index (κ3) is 4.62. The lowest BCUT2D eigenvalue weighted by molar-refractivity contribution is -0.163. The molecule has 2 atom stereocenters. The molecule has 2 fully saturated rings. The molecule has 5 rings (SSSR count). The Morgan fingerprint density at radius 3 is 2.80 bits per heavy atom. The maximum Gasteiger partial charge on any atom is 0.318 e. The fraction of sp³-hybridized carbons (Fsp3) is 0.577. The van der Waals surface area contributed by atoms with Crippen molar-refractivity contribution in [3.8, 4) is 11.5 Å². The largest absolute Gasteiger partial charge is 0.465 e. The van der Waals surface area contributed by atoms with Crippen LogP contribution in [0.15, 0.2) is 30.0 Å². The van der Waals surface area contributed by atoms with Gasteiger partial charge in [0.15, 0.2) is 11.5 Å². The molecule has 2 saturated heterocycles. The van der Waals surface area contributed by atoms with Crippen molar-refractivity contribution in [1.29, 1.82) is 0 Å². The first kappa shape index (κ1) is 24.0. The molecule has 1 aliphatic carbocycles. The summed E-state index contributed by atoms with van der Waals surface area (Å²) in [5.41, 5.74) is 0.705.